The molecule has 4 atom stereocenters. The number of aliphatic carboxylic acids is 1. The minimum Gasteiger partial charge on any atom is -0.550 e. The van der Waals surface area contributed by atoms with Gasteiger partial charge in [0.1, 0.15) is 16.7 Å². The largest absolute Gasteiger partial charge is 0.550 e. The van der Waals surface area contributed by atoms with Gasteiger partial charge in [-0.15, -0.1) is 0 Å². The molecule has 1 heterocycles. The van der Waals surface area contributed by atoms with Gasteiger partial charge < -0.3 is 15.2 Å². The van der Waals surface area contributed by atoms with Gasteiger partial charge in [0, 0.05) is 17.5 Å². The number of aromatic nitrogens is 2. The van der Waals surface area contributed by atoms with Crippen LogP contribution in [0.25, 0.3) is 0 Å². The predicted octanol–water partition coefficient (Wildman–Crippen LogP) is 2.96. The average molecular weight is 435 g/mol. The maximum Gasteiger partial charge on any atom is 0.288 e. The average Bonchev–Trinajstić information content (AvgIpc) is 2.66. The SMILES string of the molecule is O=C([O-])C12C[C@H]3C[C@@H](C1)CC(n1ncc(Nc4ccc(F)cc4F)c(Cl)c1=O)(C3)C2. The van der Waals surface area contributed by atoms with E-state index in [0.717, 1.165) is 18.6 Å². The molecule has 1 aromatic carbocycles. The first kappa shape index (κ1) is 19.5. The number of carboxylic acids is 1. The zero-order valence-electron chi connectivity index (χ0n) is 16.0. The number of nitrogens with one attached hydrogen (secondary N) is 1. The van der Waals surface area contributed by atoms with E-state index in [0.29, 0.717) is 32.1 Å². The molecule has 4 fully saturated rings. The summed E-state index contributed by atoms with van der Waals surface area (Å²) in [5.74, 6) is -2.18. The number of carbonyl (C=O) groups excluding carboxylic acids is 1. The molecule has 4 aliphatic carbocycles. The van der Waals surface area contributed by atoms with Gasteiger partial charge in [-0.05, 0) is 62.5 Å². The standard InChI is InChI=1S/C21H20ClF2N3O3/c22-17-16(26-15-2-1-13(23)4-14(15)24)9-25-27(18(17)28)21-7-11-3-12(8-21)6-20(5-11,10-21)19(29)30/h1-2,4,9,11-12,26H,3,5-8,10H2,(H,29,30)/p-1/t11-,12+,20?,21?. The predicted molar refractivity (Wildman–Crippen MR) is 103 cm³/mol. The lowest BCUT2D eigenvalue weighted by Crippen LogP contribution is -2.63. The number of hydrogen-bond donors (Lipinski definition) is 1. The zero-order chi connectivity index (χ0) is 21.3. The van der Waals surface area contributed by atoms with Crippen LogP contribution in [0.1, 0.15) is 38.5 Å². The van der Waals surface area contributed by atoms with E-state index >= 15 is 0 Å². The Morgan fingerprint density at radius 2 is 1.90 bits per heavy atom. The number of hydrogen-bond acceptors (Lipinski definition) is 5. The number of nitrogens with zero attached hydrogens (tertiary/aromatic N) is 2. The Bertz CT molecular complexity index is 1110. The van der Waals surface area contributed by atoms with Crippen LogP contribution in [0.3, 0.4) is 0 Å². The molecule has 6 rings (SSSR count). The van der Waals surface area contributed by atoms with Gasteiger partial charge >= 0.3 is 0 Å². The first-order valence-corrected chi connectivity index (χ1v) is 10.3. The van der Waals surface area contributed by atoms with Crippen LogP contribution in [0.2, 0.25) is 5.02 Å². The smallest absolute Gasteiger partial charge is 0.288 e. The van der Waals surface area contributed by atoms with E-state index in [9.17, 15) is 23.5 Å². The lowest BCUT2D eigenvalue weighted by atomic mass is 9.47. The van der Waals surface area contributed by atoms with E-state index < -0.39 is 34.1 Å². The Balaban J connectivity index is 1.53. The third kappa shape index (κ3) is 2.84. The van der Waals surface area contributed by atoms with Gasteiger partial charge in [-0.25, -0.2) is 13.5 Å². The summed E-state index contributed by atoms with van der Waals surface area (Å²) >= 11 is 6.31. The maximum absolute atomic E-state index is 14.0. The van der Waals surface area contributed by atoms with Crippen molar-refractivity contribution in [2.75, 3.05) is 5.32 Å². The van der Waals surface area contributed by atoms with E-state index in [2.05, 4.69) is 10.4 Å². The van der Waals surface area contributed by atoms with Crippen molar-refractivity contribution >= 4 is 28.9 Å². The summed E-state index contributed by atoms with van der Waals surface area (Å²) < 4.78 is 28.4. The summed E-state index contributed by atoms with van der Waals surface area (Å²) in [7, 11) is 0. The van der Waals surface area contributed by atoms with Crippen LogP contribution >= 0.6 is 11.6 Å². The quantitative estimate of drug-likeness (QED) is 0.799. The van der Waals surface area contributed by atoms with Crippen molar-refractivity contribution < 1.29 is 18.7 Å². The molecule has 0 saturated heterocycles. The monoisotopic (exact) mass is 434 g/mol. The first-order chi connectivity index (χ1) is 14.2. The van der Waals surface area contributed by atoms with Gasteiger partial charge in [0.2, 0.25) is 0 Å². The van der Waals surface area contributed by atoms with E-state index in [-0.39, 0.29) is 28.2 Å². The molecule has 0 amide bonds. The summed E-state index contributed by atoms with van der Waals surface area (Å²) in [6.45, 7) is 0. The fourth-order valence-electron chi connectivity index (χ4n) is 6.29. The molecule has 158 valence electrons. The van der Waals surface area contributed by atoms with Crippen LogP contribution in [0.5, 0.6) is 0 Å². The summed E-state index contributed by atoms with van der Waals surface area (Å²) in [5, 5.41) is 18.8. The third-order valence-electron chi connectivity index (χ3n) is 7.03. The second-order valence-corrected chi connectivity index (χ2v) is 9.47. The highest BCUT2D eigenvalue weighted by molar-refractivity contribution is 6.33. The normalized spacial score (nSPS) is 31.7. The van der Waals surface area contributed by atoms with Gasteiger partial charge in [0.25, 0.3) is 5.56 Å². The second-order valence-electron chi connectivity index (χ2n) is 9.09. The molecular formula is C21H19ClF2N3O3-. The van der Waals surface area contributed by atoms with Crippen LogP contribution < -0.4 is 16.0 Å². The molecule has 9 heteroatoms. The molecule has 30 heavy (non-hydrogen) atoms. The van der Waals surface area contributed by atoms with E-state index in [1.807, 2.05) is 0 Å². The van der Waals surface area contributed by atoms with Crippen molar-refractivity contribution in [3.63, 3.8) is 0 Å². The minimum absolute atomic E-state index is 0.0389. The summed E-state index contributed by atoms with van der Waals surface area (Å²) in [4.78, 5) is 25.1. The van der Waals surface area contributed by atoms with Crippen LogP contribution in [0.15, 0.2) is 29.2 Å². The highest BCUT2D eigenvalue weighted by Gasteiger charge is 2.60. The Labute approximate surface area is 175 Å². The fraction of sp³-hybridized carbons (Fsp3) is 0.476. The molecule has 4 aliphatic rings. The fourth-order valence-corrected chi connectivity index (χ4v) is 6.47. The Morgan fingerprint density at radius 1 is 1.20 bits per heavy atom. The van der Waals surface area contributed by atoms with Crippen molar-refractivity contribution in [3.8, 4) is 0 Å². The van der Waals surface area contributed by atoms with Crippen LogP contribution in [-0.4, -0.2) is 15.7 Å². The van der Waals surface area contributed by atoms with Crippen molar-refractivity contribution in [3.05, 3.63) is 51.4 Å². The molecule has 0 spiro atoms. The lowest BCUT2D eigenvalue weighted by molar-refractivity contribution is -0.329. The molecule has 4 bridgehead atoms. The van der Waals surface area contributed by atoms with Crippen LogP contribution in [-0.2, 0) is 10.3 Å². The van der Waals surface area contributed by atoms with Crippen molar-refractivity contribution in [2.24, 2.45) is 17.3 Å². The Kier molecular flexibility index (Phi) is 4.23. The number of rotatable bonds is 4. The highest BCUT2D eigenvalue weighted by Crippen LogP contribution is 2.63. The molecule has 1 aromatic heterocycles. The topological polar surface area (TPSA) is 87.0 Å². The van der Waals surface area contributed by atoms with E-state index in [1.54, 1.807) is 0 Å². The first-order valence-electron chi connectivity index (χ1n) is 9.93. The maximum atomic E-state index is 14.0. The van der Waals surface area contributed by atoms with Gasteiger partial charge in [0.05, 0.1) is 23.1 Å². The molecule has 6 nitrogen and oxygen atoms in total. The molecular weight excluding hydrogens is 416 g/mol. The van der Waals surface area contributed by atoms with Gasteiger partial charge in [-0.3, -0.25) is 4.79 Å². The van der Waals surface area contributed by atoms with Gasteiger partial charge in [-0.1, -0.05) is 11.6 Å². The highest BCUT2D eigenvalue weighted by atomic mass is 35.5. The molecule has 2 aromatic rings. The number of benzene rings is 1. The number of halogens is 3. The second kappa shape index (κ2) is 6.51. The zero-order valence-corrected chi connectivity index (χ0v) is 16.7. The lowest BCUT2D eigenvalue weighted by Gasteiger charge is -2.62. The van der Waals surface area contributed by atoms with Crippen LogP contribution in [0.4, 0.5) is 20.2 Å². The van der Waals surface area contributed by atoms with E-state index in [4.69, 9.17) is 11.6 Å². The summed E-state index contributed by atoms with van der Waals surface area (Å²) in [5.41, 5.74) is -2.12. The summed E-state index contributed by atoms with van der Waals surface area (Å²) in [6, 6.07) is 3.01. The van der Waals surface area contributed by atoms with Crippen molar-refractivity contribution in [2.45, 2.75) is 44.1 Å². The summed E-state index contributed by atoms with van der Waals surface area (Å²) in [6.07, 6.45) is 5.12. The minimum atomic E-state index is -1.05. The molecule has 2 unspecified atom stereocenters. The van der Waals surface area contributed by atoms with Crippen LogP contribution in [0, 0.1) is 28.9 Å². The third-order valence-corrected chi connectivity index (χ3v) is 7.40. The van der Waals surface area contributed by atoms with E-state index in [1.165, 1.54) is 16.9 Å². The number of anilines is 2. The molecule has 4 saturated carbocycles. The molecule has 0 aliphatic heterocycles. The molecule has 0 radical (unpaired) electrons. The van der Waals surface area contributed by atoms with Gasteiger partial charge in [-0.2, -0.15) is 5.10 Å². The Hall–Kier alpha value is -2.48. The van der Waals surface area contributed by atoms with Crippen molar-refractivity contribution in [1.82, 2.24) is 9.78 Å². The van der Waals surface area contributed by atoms with Crippen molar-refractivity contribution in [1.29, 1.82) is 0 Å². The molecule has 1 N–H and O–H groups in total. The number of carboxylic acid groups (broad SMARTS) is 1. The Morgan fingerprint density at radius 3 is 2.53 bits per heavy atom. The van der Waals surface area contributed by atoms with Gasteiger partial charge in [0.15, 0.2) is 0 Å². The number of carbonyl (C=O) groups is 1.